The van der Waals surface area contributed by atoms with Crippen molar-refractivity contribution in [1.29, 1.82) is 0 Å². The molecule has 90 valence electrons. The second kappa shape index (κ2) is 8.06. The van der Waals surface area contributed by atoms with E-state index in [0.29, 0.717) is 7.11 Å². The Morgan fingerprint density at radius 3 is 2.20 bits per heavy atom. The molecule has 2 N–H and O–H groups in total. The molecule has 0 saturated heterocycles. The molecule has 0 aromatic rings. The Morgan fingerprint density at radius 2 is 1.87 bits per heavy atom. The number of carbonyl (C=O) groups excluding carboxylic acids is 1. The lowest BCUT2D eigenvalue weighted by Crippen LogP contribution is -2.42. The Balaban J connectivity index is 0. The van der Waals surface area contributed by atoms with Crippen molar-refractivity contribution in [3.05, 3.63) is 0 Å². The maximum atomic E-state index is 12.2. The lowest BCUT2D eigenvalue weighted by atomic mass is 10.6. The van der Waals surface area contributed by atoms with Crippen LogP contribution in [0, 0.1) is 0 Å². The van der Waals surface area contributed by atoms with Crippen molar-refractivity contribution in [3.63, 3.8) is 0 Å². The van der Waals surface area contributed by atoms with Crippen molar-refractivity contribution in [1.82, 2.24) is 5.48 Å². The van der Waals surface area contributed by atoms with E-state index in [0.717, 1.165) is 0 Å². The monoisotopic (exact) mass is 229 g/mol. The van der Waals surface area contributed by atoms with Crippen LogP contribution < -0.4 is 5.48 Å². The number of alkyl halides is 2. The molecule has 0 heterocycles. The fourth-order valence-corrected chi connectivity index (χ4v) is 0.315. The number of methoxy groups -OCH3 is 1. The zero-order valence-corrected chi connectivity index (χ0v) is 8.54. The summed E-state index contributed by atoms with van der Waals surface area (Å²) in [6.45, 7) is 3.09. The number of carboxylic acids is 1. The normalized spacial score (nSPS) is 9.93. The van der Waals surface area contributed by atoms with Gasteiger partial charge in [-0.1, -0.05) is 13.8 Å². The van der Waals surface area contributed by atoms with Crippen molar-refractivity contribution in [2.45, 2.75) is 20.0 Å². The number of rotatable bonds is 5. The number of carbonyl (C=O) groups is 2. The van der Waals surface area contributed by atoms with E-state index in [1.165, 1.54) is 5.48 Å². The number of carboxylic acid groups (broad SMARTS) is 1. The summed E-state index contributed by atoms with van der Waals surface area (Å²) >= 11 is 0. The molecule has 0 fully saturated rings. The molecule has 0 radical (unpaired) electrons. The molecular formula is C7H13F2NO5. The Bertz CT molecular complexity index is 210. The van der Waals surface area contributed by atoms with E-state index in [9.17, 15) is 18.4 Å². The van der Waals surface area contributed by atoms with Gasteiger partial charge in [-0.05, 0) is 0 Å². The first-order valence-corrected chi connectivity index (χ1v) is 3.97. The van der Waals surface area contributed by atoms with Crippen LogP contribution in [0.2, 0.25) is 0 Å². The van der Waals surface area contributed by atoms with E-state index in [-0.39, 0.29) is 0 Å². The van der Waals surface area contributed by atoms with Crippen molar-refractivity contribution in [2.24, 2.45) is 0 Å². The van der Waals surface area contributed by atoms with Crippen LogP contribution in [0.1, 0.15) is 13.8 Å². The number of hydroxylamine groups is 1. The molecule has 15 heavy (non-hydrogen) atoms. The molecule has 6 nitrogen and oxygen atoms in total. The first kappa shape index (κ1) is 16.2. The second-order valence-corrected chi connectivity index (χ2v) is 1.83. The number of ether oxygens (including phenoxy) is 1. The van der Waals surface area contributed by atoms with Gasteiger partial charge >= 0.3 is 18.0 Å². The summed E-state index contributed by atoms with van der Waals surface area (Å²) < 4.78 is 27.9. The average molecular weight is 229 g/mol. The lowest BCUT2D eigenvalue weighted by molar-refractivity contribution is -0.228. The Kier molecular flexibility index (Phi) is 8.69. The number of halogens is 2. The summed E-state index contributed by atoms with van der Waals surface area (Å²) in [4.78, 5) is 24.1. The van der Waals surface area contributed by atoms with Crippen molar-refractivity contribution >= 4 is 11.9 Å². The summed E-state index contributed by atoms with van der Waals surface area (Å²) in [7, 11) is 0.622. The molecular weight excluding hydrogens is 216 g/mol. The van der Waals surface area contributed by atoms with Crippen LogP contribution in [0.15, 0.2) is 0 Å². The molecule has 0 aliphatic carbocycles. The third kappa shape index (κ3) is 7.77. The number of hydrogen-bond donors (Lipinski definition) is 2. The van der Waals surface area contributed by atoms with Crippen LogP contribution >= 0.6 is 0 Å². The Hall–Kier alpha value is -1.28. The average Bonchev–Trinajstić information content (AvgIpc) is 2.20. The molecule has 0 saturated carbocycles. The molecule has 0 aromatic carbocycles. The first-order valence-electron chi connectivity index (χ1n) is 3.97. The van der Waals surface area contributed by atoms with Crippen LogP contribution in [-0.2, 0) is 19.2 Å². The van der Waals surface area contributed by atoms with Crippen LogP contribution in [0.3, 0.4) is 0 Å². The van der Waals surface area contributed by atoms with Crippen LogP contribution in [0.4, 0.5) is 8.78 Å². The molecule has 0 atom stereocenters. The maximum absolute atomic E-state index is 12.2. The van der Waals surface area contributed by atoms with Gasteiger partial charge in [0, 0.05) is 7.11 Å². The topological polar surface area (TPSA) is 84.9 Å². The lowest BCUT2D eigenvalue weighted by Gasteiger charge is -2.12. The highest BCUT2D eigenvalue weighted by molar-refractivity contribution is 5.81. The zero-order valence-electron chi connectivity index (χ0n) is 8.54. The van der Waals surface area contributed by atoms with Gasteiger partial charge in [-0.15, -0.1) is 0 Å². The zero-order chi connectivity index (χ0) is 12.5. The van der Waals surface area contributed by atoms with Gasteiger partial charge in [0.2, 0.25) is 0 Å². The number of amides is 1. The molecule has 1 amide bonds. The largest absolute Gasteiger partial charge is 0.479 e. The van der Waals surface area contributed by atoms with Gasteiger partial charge < -0.3 is 9.84 Å². The van der Waals surface area contributed by atoms with Gasteiger partial charge in [0.05, 0.1) is 0 Å². The highest BCUT2D eigenvalue weighted by atomic mass is 19.3. The smallest absolute Gasteiger partial charge is 0.438 e. The molecule has 0 aliphatic heterocycles. The third-order valence-electron chi connectivity index (χ3n) is 0.881. The standard InChI is InChI=1S/C5H7F2NO5.C2H6/c1-12-5(6,7)4(11)8-13-2-3(9)10;1-2/h2H2,1H3,(H,8,11)(H,9,10);1-2H3. The molecule has 0 aliphatic rings. The number of nitrogens with one attached hydrogen (secondary N) is 1. The second-order valence-electron chi connectivity index (χ2n) is 1.83. The van der Waals surface area contributed by atoms with Gasteiger partial charge in [0.15, 0.2) is 6.61 Å². The fourth-order valence-electron chi connectivity index (χ4n) is 0.315. The van der Waals surface area contributed by atoms with Gasteiger partial charge in [-0.2, -0.15) is 8.78 Å². The SMILES string of the molecule is CC.COC(F)(F)C(=O)NOCC(=O)O. The minimum atomic E-state index is -4.03. The van der Waals surface area contributed by atoms with Crippen molar-refractivity contribution in [3.8, 4) is 0 Å². The molecule has 0 unspecified atom stereocenters. The van der Waals surface area contributed by atoms with Gasteiger partial charge in [0.1, 0.15) is 0 Å². The predicted molar refractivity (Wildman–Crippen MR) is 45.0 cm³/mol. The van der Waals surface area contributed by atoms with E-state index in [1.54, 1.807) is 0 Å². The Morgan fingerprint density at radius 1 is 1.40 bits per heavy atom. The van der Waals surface area contributed by atoms with Crippen LogP contribution in [0.5, 0.6) is 0 Å². The molecule has 8 heteroatoms. The predicted octanol–water partition coefficient (Wildman–Crippen LogP) is 0.384. The van der Waals surface area contributed by atoms with E-state index in [1.807, 2.05) is 13.8 Å². The van der Waals surface area contributed by atoms with Crippen LogP contribution in [0.25, 0.3) is 0 Å². The minimum Gasteiger partial charge on any atom is -0.479 e. The van der Waals surface area contributed by atoms with Crippen molar-refractivity contribution < 1.29 is 33.1 Å². The quantitative estimate of drug-likeness (QED) is 0.666. The van der Waals surface area contributed by atoms with Gasteiger partial charge in [-0.3, -0.25) is 9.63 Å². The van der Waals surface area contributed by atoms with E-state index >= 15 is 0 Å². The maximum Gasteiger partial charge on any atom is 0.438 e. The summed E-state index contributed by atoms with van der Waals surface area (Å²) in [5.41, 5.74) is 1.21. The fraction of sp³-hybridized carbons (Fsp3) is 0.714. The Labute approximate surface area is 85.1 Å². The molecule has 0 spiro atoms. The third-order valence-corrected chi connectivity index (χ3v) is 0.881. The minimum absolute atomic E-state index is 0.622. The molecule has 0 rings (SSSR count). The number of hydrogen-bond acceptors (Lipinski definition) is 4. The van der Waals surface area contributed by atoms with Gasteiger partial charge in [0.25, 0.3) is 0 Å². The molecule has 0 bridgehead atoms. The number of aliphatic carboxylic acids is 1. The van der Waals surface area contributed by atoms with Crippen LogP contribution in [-0.4, -0.2) is 36.8 Å². The van der Waals surface area contributed by atoms with E-state index in [2.05, 4.69) is 9.57 Å². The highest BCUT2D eigenvalue weighted by Crippen LogP contribution is 2.12. The summed E-state index contributed by atoms with van der Waals surface area (Å²) in [5.74, 6) is -3.27. The summed E-state index contributed by atoms with van der Waals surface area (Å²) in [5, 5.41) is 7.99. The highest BCUT2D eigenvalue weighted by Gasteiger charge is 2.39. The van der Waals surface area contributed by atoms with Crippen molar-refractivity contribution in [2.75, 3.05) is 13.7 Å². The van der Waals surface area contributed by atoms with E-state index < -0.39 is 24.6 Å². The van der Waals surface area contributed by atoms with E-state index in [4.69, 9.17) is 5.11 Å². The van der Waals surface area contributed by atoms with Gasteiger partial charge in [-0.25, -0.2) is 10.3 Å². The molecule has 0 aromatic heterocycles. The summed E-state index contributed by atoms with van der Waals surface area (Å²) in [6.07, 6.45) is -4.03. The summed E-state index contributed by atoms with van der Waals surface area (Å²) in [6, 6.07) is 0. The first-order chi connectivity index (χ1) is 6.90.